The first-order valence-electron chi connectivity index (χ1n) is 6.55. The van der Waals surface area contributed by atoms with Gasteiger partial charge in [-0.1, -0.05) is 0 Å². The van der Waals surface area contributed by atoms with Crippen LogP contribution >= 0.6 is 0 Å². The summed E-state index contributed by atoms with van der Waals surface area (Å²) in [6.45, 7) is 0.168. The lowest BCUT2D eigenvalue weighted by Gasteiger charge is -2.57. The van der Waals surface area contributed by atoms with Crippen LogP contribution in [0.3, 0.4) is 0 Å². The molecule has 1 atom stereocenters. The van der Waals surface area contributed by atoms with Crippen LogP contribution in [0.2, 0.25) is 0 Å². The van der Waals surface area contributed by atoms with Crippen LogP contribution in [-0.4, -0.2) is 17.8 Å². The fourth-order valence-corrected chi connectivity index (χ4v) is 5.16. The van der Waals surface area contributed by atoms with Crippen molar-refractivity contribution in [3.05, 3.63) is 0 Å². The van der Waals surface area contributed by atoms with Gasteiger partial charge in [0.1, 0.15) is 0 Å². The van der Waals surface area contributed by atoms with Crippen molar-refractivity contribution in [2.24, 2.45) is 28.9 Å². The third-order valence-electron chi connectivity index (χ3n) is 5.09. The molecule has 0 saturated heterocycles. The molecule has 4 saturated carbocycles. The Kier molecular flexibility index (Phi) is 2.33. The predicted molar refractivity (Wildman–Crippen MR) is 60.3 cm³/mol. The number of hydrogen-bond donors (Lipinski definition) is 2. The Morgan fingerprint density at radius 1 is 1.07 bits per heavy atom. The Balaban J connectivity index is 1.75. The number of aliphatic hydroxyl groups excluding tert-OH is 1. The van der Waals surface area contributed by atoms with E-state index in [9.17, 15) is 0 Å². The van der Waals surface area contributed by atoms with Crippen molar-refractivity contribution in [2.45, 2.75) is 51.0 Å². The average Bonchev–Trinajstić information content (AvgIpc) is 2.14. The second-order valence-electron chi connectivity index (χ2n) is 6.56. The fraction of sp³-hybridized carbons (Fsp3) is 1.00. The van der Waals surface area contributed by atoms with E-state index in [2.05, 4.69) is 0 Å². The van der Waals surface area contributed by atoms with Gasteiger partial charge in [-0.3, -0.25) is 0 Å². The van der Waals surface area contributed by atoms with Crippen molar-refractivity contribution in [2.75, 3.05) is 6.61 Å². The zero-order valence-electron chi connectivity index (χ0n) is 9.49. The molecule has 2 nitrogen and oxygen atoms in total. The largest absolute Gasteiger partial charge is 0.395 e. The summed E-state index contributed by atoms with van der Waals surface area (Å²) in [7, 11) is 0. The van der Waals surface area contributed by atoms with Crippen molar-refractivity contribution < 1.29 is 5.11 Å². The zero-order chi connectivity index (χ0) is 10.5. The maximum atomic E-state index is 9.11. The second-order valence-corrected chi connectivity index (χ2v) is 6.56. The van der Waals surface area contributed by atoms with Gasteiger partial charge < -0.3 is 10.8 Å². The maximum absolute atomic E-state index is 9.11. The summed E-state index contributed by atoms with van der Waals surface area (Å²) in [6, 6.07) is 0.0289. The SMILES string of the molecule is N[C@H](CO)CC12CC3CC(CC(C3)C1)C2. The van der Waals surface area contributed by atoms with Crippen LogP contribution in [0.25, 0.3) is 0 Å². The minimum atomic E-state index is 0.0289. The van der Waals surface area contributed by atoms with Crippen LogP contribution in [0.5, 0.6) is 0 Å². The van der Waals surface area contributed by atoms with Crippen LogP contribution in [-0.2, 0) is 0 Å². The Hall–Kier alpha value is -0.0800. The van der Waals surface area contributed by atoms with Crippen LogP contribution in [0.15, 0.2) is 0 Å². The highest BCUT2D eigenvalue weighted by atomic mass is 16.3. The summed E-state index contributed by atoms with van der Waals surface area (Å²) >= 11 is 0. The molecule has 0 aliphatic heterocycles. The molecular weight excluding hydrogens is 186 g/mol. The maximum Gasteiger partial charge on any atom is 0.0582 e. The molecule has 15 heavy (non-hydrogen) atoms. The number of aliphatic hydroxyl groups is 1. The molecule has 4 aliphatic rings. The lowest BCUT2D eigenvalue weighted by atomic mass is 9.48. The van der Waals surface area contributed by atoms with Gasteiger partial charge in [-0.15, -0.1) is 0 Å². The van der Waals surface area contributed by atoms with Crippen LogP contribution in [0, 0.1) is 23.2 Å². The van der Waals surface area contributed by atoms with E-state index in [-0.39, 0.29) is 12.6 Å². The summed E-state index contributed by atoms with van der Waals surface area (Å²) in [6.07, 6.45) is 9.79. The van der Waals surface area contributed by atoms with Crippen molar-refractivity contribution in [3.63, 3.8) is 0 Å². The molecule has 2 heteroatoms. The van der Waals surface area contributed by atoms with Gasteiger partial charge in [-0.25, -0.2) is 0 Å². The highest BCUT2D eigenvalue weighted by molar-refractivity contribution is 5.02. The molecule has 0 aromatic carbocycles. The molecule has 0 unspecified atom stereocenters. The Morgan fingerprint density at radius 2 is 1.53 bits per heavy atom. The molecule has 0 spiro atoms. The van der Waals surface area contributed by atoms with Crippen molar-refractivity contribution in [3.8, 4) is 0 Å². The van der Waals surface area contributed by atoms with Gasteiger partial charge in [0.2, 0.25) is 0 Å². The van der Waals surface area contributed by atoms with Crippen molar-refractivity contribution in [1.82, 2.24) is 0 Å². The number of hydrogen-bond acceptors (Lipinski definition) is 2. The monoisotopic (exact) mass is 209 g/mol. The van der Waals surface area contributed by atoms with Crippen LogP contribution in [0.4, 0.5) is 0 Å². The molecule has 0 heterocycles. The zero-order valence-corrected chi connectivity index (χ0v) is 9.49. The molecule has 0 aromatic rings. The number of nitrogens with two attached hydrogens (primary N) is 1. The molecule has 4 rings (SSSR count). The Bertz CT molecular complexity index is 216. The summed E-state index contributed by atoms with van der Waals surface area (Å²) in [5, 5.41) is 9.11. The lowest BCUT2D eigenvalue weighted by Crippen LogP contribution is -2.48. The lowest BCUT2D eigenvalue weighted by molar-refractivity contribution is -0.0623. The normalized spacial score (nSPS) is 49.6. The molecule has 4 fully saturated rings. The van der Waals surface area contributed by atoms with E-state index in [4.69, 9.17) is 10.8 Å². The van der Waals surface area contributed by atoms with Crippen LogP contribution < -0.4 is 5.73 Å². The van der Waals surface area contributed by atoms with E-state index in [1.807, 2.05) is 0 Å². The van der Waals surface area contributed by atoms with E-state index < -0.39 is 0 Å². The average molecular weight is 209 g/mol. The molecule has 4 aliphatic carbocycles. The van der Waals surface area contributed by atoms with Gasteiger partial charge in [-0.2, -0.15) is 0 Å². The highest BCUT2D eigenvalue weighted by Crippen LogP contribution is 2.61. The molecule has 4 bridgehead atoms. The predicted octanol–water partition coefficient (Wildman–Crippen LogP) is 1.91. The summed E-state index contributed by atoms with van der Waals surface area (Å²) in [4.78, 5) is 0. The Labute approximate surface area is 92.2 Å². The van der Waals surface area contributed by atoms with Crippen molar-refractivity contribution in [1.29, 1.82) is 0 Å². The first-order chi connectivity index (χ1) is 7.19. The standard InChI is InChI=1S/C13H23NO/c14-12(8-15)7-13-4-9-1-10(5-13)3-11(2-9)6-13/h9-12,15H,1-8,14H2/t9?,10?,11?,12-,13?/m0/s1. The highest BCUT2D eigenvalue weighted by Gasteiger charge is 2.50. The smallest absolute Gasteiger partial charge is 0.0582 e. The van der Waals surface area contributed by atoms with Gasteiger partial charge in [0.15, 0.2) is 0 Å². The summed E-state index contributed by atoms with van der Waals surface area (Å²) in [5.74, 6) is 3.01. The molecule has 0 amide bonds. The second kappa shape index (κ2) is 3.46. The first kappa shape index (κ1) is 10.1. The molecule has 3 N–H and O–H groups in total. The molecular formula is C13H23NO. The third-order valence-corrected chi connectivity index (χ3v) is 5.09. The van der Waals surface area contributed by atoms with Gasteiger partial charge >= 0.3 is 0 Å². The first-order valence-corrected chi connectivity index (χ1v) is 6.55. The van der Waals surface area contributed by atoms with Gasteiger partial charge in [0, 0.05) is 6.04 Å². The summed E-state index contributed by atoms with van der Waals surface area (Å²) in [5.41, 5.74) is 6.48. The van der Waals surface area contributed by atoms with E-state index in [0.29, 0.717) is 5.41 Å². The minimum Gasteiger partial charge on any atom is -0.395 e. The number of rotatable bonds is 3. The molecule has 0 radical (unpaired) electrons. The minimum absolute atomic E-state index is 0.0289. The Morgan fingerprint density at radius 3 is 1.93 bits per heavy atom. The van der Waals surface area contributed by atoms with Crippen LogP contribution in [0.1, 0.15) is 44.9 Å². The van der Waals surface area contributed by atoms with Gasteiger partial charge in [-0.05, 0) is 68.1 Å². The van der Waals surface area contributed by atoms with E-state index in [1.165, 1.54) is 38.5 Å². The van der Waals surface area contributed by atoms with Gasteiger partial charge in [0.25, 0.3) is 0 Å². The fourth-order valence-electron chi connectivity index (χ4n) is 5.16. The molecule has 0 aromatic heterocycles. The third kappa shape index (κ3) is 1.72. The summed E-state index contributed by atoms with van der Waals surface area (Å²) < 4.78 is 0. The molecule has 86 valence electrons. The van der Waals surface area contributed by atoms with Crippen molar-refractivity contribution >= 4 is 0 Å². The van der Waals surface area contributed by atoms with E-state index >= 15 is 0 Å². The quantitative estimate of drug-likeness (QED) is 0.746. The van der Waals surface area contributed by atoms with E-state index in [0.717, 1.165) is 24.2 Å². The topological polar surface area (TPSA) is 46.2 Å². The van der Waals surface area contributed by atoms with Gasteiger partial charge in [0.05, 0.1) is 6.61 Å². The van der Waals surface area contributed by atoms with E-state index in [1.54, 1.807) is 0 Å².